The van der Waals surface area contributed by atoms with Crippen molar-refractivity contribution in [2.24, 2.45) is 0 Å². The second-order valence-electron chi connectivity index (χ2n) is 6.93. The summed E-state index contributed by atoms with van der Waals surface area (Å²) in [6.07, 6.45) is 3.37. The number of amides is 1. The maximum absolute atomic E-state index is 13.1. The van der Waals surface area contributed by atoms with Crippen molar-refractivity contribution >= 4 is 34.4 Å². The van der Waals surface area contributed by atoms with Gasteiger partial charge in [0.15, 0.2) is 5.65 Å². The van der Waals surface area contributed by atoms with Gasteiger partial charge in [-0.2, -0.15) is 5.10 Å². The maximum Gasteiger partial charge on any atom is 0.224 e. The molecule has 9 heteroatoms. The van der Waals surface area contributed by atoms with E-state index in [1.807, 2.05) is 18.2 Å². The van der Waals surface area contributed by atoms with Gasteiger partial charge in [-0.3, -0.25) is 4.79 Å². The number of carbonyl (C=O) groups is 1. The molecule has 31 heavy (non-hydrogen) atoms. The first kappa shape index (κ1) is 20.7. The average Bonchev–Trinajstić information content (AvgIpc) is 3.19. The van der Waals surface area contributed by atoms with Crippen molar-refractivity contribution in [3.63, 3.8) is 0 Å². The lowest BCUT2D eigenvalue weighted by molar-refractivity contribution is -0.120. The lowest BCUT2D eigenvalue weighted by atomic mass is 10.1. The summed E-state index contributed by atoms with van der Waals surface area (Å²) >= 11 is 6.10. The average molecular weight is 439 g/mol. The molecule has 0 saturated carbocycles. The number of fused-ring (bicyclic) bond motifs is 1. The van der Waals surface area contributed by atoms with Crippen LogP contribution in [0, 0.1) is 5.82 Å². The first-order valence-electron chi connectivity index (χ1n) is 9.75. The standard InChI is InChI=1S/C22H20ClFN6O/c23-19-4-2-1-3-16(19)11-20(31)25-9-10-30-22-18(13-29-30)21(27-14-28-22)26-12-15-5-7-17(24)8-6-15/h1-8,13-14H,9-12H2,(H,25,31)(H,26,27,28). The fourth-order valence-corrected chi connectivity index (χ4v) is 3.37. The van der Waals surface area contributed by atoms with E-state index in [0.29, 0.717) is 36.1 Å². The fraction of sp³-hybridized carbons (Fsp3) is 0.182. The van der Waals surface area contributed by atoms with Crippen LogP contribution >= 0.6 is 11.6 Å². The molecule has 2 heterocycles. The van der Waals surface area contributed by atoms with Gasteiger partial charge in [0.1, 0.15) is 18.0 Å². The Hall–Kier alpha value is -3.52. The Kier molecular flexibility index (Phi) is 6.37. The van der Waals surface area contributed by atoms with Crippen LogP contribution in [-0.4, -0.2) is 32.2 Å². The quantitative estimate of drug-likeness (QED) is 0.439. The molecule has 0 unspecified atom stereocenters. The molecule has 0 spiro atoms. The van der Waals surface area contributed by atoms with E-state index in [4.69, 9.17) is 11.6 Å². The van der Waals surface area contributed by atoms with Gasteiger partial charge < -0.3 is 10.6 Å². The Morgan fingerprint density at radius 2 is 1.90 bits per heavy atom. The summed E-state index contributed by atoms with van der Waals surface area (Å²) in [6, 6.07) is 13.6. The summed E-state index contributed by atoms with van der Waals surface area (Å²) in [6.45, 7) is 1.37. The van der Waals surface area contributed by atoms with Crippen molar-refractivity contribution in [2.45, 2.75) is 19.5 Å². The van der Waals surface area contributed by atoms with Crippen LogP contribution in [0.4, 0.5) is 10.2 Å². The molecule has 2 N–H and O–H groups in total. The summed E-state index contributed by atoms with van der Waals surface area (Å²) in [5.74, 6) is 0.262. The van der Waals surface area contributed by atoms with Gasteiger partial charge in [0.2, 0.25) is 5.91 Å². The van der Waals surface area contributed by atoms with Crippen LogP contribution < -0.4 is 10.6 Å². The second kappa shape index (κ2) is 9.53. The van der Waals surface area contributed by atoms with Crippen molar-refractivity contribution < 1.29 is 9.18 Å². The molecule has 2 aromatic carbocycles. The summed E-state index contributed by atoms with van der Waals surface area (Å²) < 4.78 is 14.8. The highest BCUT2D eigenvalue weighted by Crippen LogP contribution is 2.19. The number of anilines is 1. The molecule has 4 aromatic rings. The first-order chi connectivity index (χ1) is 15.1. The third-order valence-electron chi connectivity index (χ3n) is 4.76. The number of halogens is 2. The summed E-state index contributed by atoms with van der Waals surface area (Å²) in [5, 5.41) is 11.8. The zero-order valence-electron chi connectivity index (χ0n) is 16.6. The Morgan fingerprint density at radius 3 is 2.71 bits per heavy atom. The number of rotatable bonds is 8. The SMILES string of the molecule is O=C(Cc1ccccc1Cl)NCCn1ncc2c(NCc3ccc(F)cc3)ncnc21. The third kappa shape index (κ3) is 5.16. The van der Waals surface area contributed by atoms with Gasteiger partial charge in [0.25, 0.3) is 0 Å². The molecule has 2 aromatic heterocycles. The van der Waals surface area contributed by atoms with E-state index in [2.05, 4.69) is 25.7 Å². The van der Waals surface area contributed by atoms with E-state index in [1.165, 1.54) is 18.5 Å². The second-order valence-corrected chi connectivity index (χ2v) is 7.33. The van der Waals surface area contributed by atoms with Crippen molar-refractivity contribution in [3.8, 4) is 0 Å². The predicted molar refractivity (Wildman–Crippen MR) is 117 cm³/mol. The number of hydrogen-bond donors (Lipinski definition) is 2. The minimum absolute atomic E-state index is 0.110. The first-order valence-corrected chi connectivity index (χ1v) is 10.1. The number of nitrogens with zero attached hydrogens (tertiary/aromatic N) is 4. The fourth-order valence-electron chi connectivity index (χ4n) is 3.16. The Bertz CT molecular complexity index is 1190. The lowest BCUT2D eigenvalue weighted by Crippen LogP contribution is -2.29. The normalized spacial score (nSPS) is 10.9. The van der Waals surface area contributed by atoms with E-state index in [1.54, 1.807) is 29.1 Å². The monoisotopic (exact) mass is 438 g/mol. The highest BCUT2D eigenvalue weighted by molar-refractivity contribution is 6.31. The van der Waals surface area contributed by atoms with Crippen LogP contribution in [0.3, 0.4) is 0 Å². The van der Waals surface area contributed by atoms with Gasteiger partial charge in [-0.05, 0) is 29.3 Å². The van der Waals surface area contributed by atoms with Crippen LogP contribution in [0.1, 0.15) is 11.1 Å². The molecule has 0 bridgehead atoms. The predicted octanol–water partition coefficient (Wildman–Crippen LogP) is 3.59. The molecule has 0 saturated heterocycles. The van der Waals surface area contributed by atoms with Gasteiger partial charge in [0.05, 0.1) is 24.5 Å². The lowest BCUT2D eigenvalue weighted by Gasteiger charge is -2.08. The van der Waals surface area contributed by atoms with Crippen molar-refractivity contribution in [2.75, 3.05) is 11.9 Å². The van der Waals surface area contributed by atoms with E-state index in [9.17, 15) is 9.18 Å². The summed E-state index contributed by atoms with van der Waals surface area (Å²) in [4.78, 5) is 20.8. The topological polar surface area (TPSA) is 84.7 Å². The number of hydrogen-bond acceptors (Lipinski definition) is 5. The largest absolute Gasteiger partial charge is 0.365 e. The number of aromatic nitrogens is 4. The molecule has 4 rings (SSSR count). The molecule has 0 aliphatic rings. The smallest absolute Gasteiger partial charge is 0.224 e. The molecular formula is C22H20ClFN6O. The van der Waals surface area contributed by atoms with Crippen molar-refractivity contribution in [1.82, 2.24) is 25.1 Å². The van der Waals surface area contributed by atoms with Crippen molar-refractivity contribution in [3.05, 3.63) is 83.0 Å². The molecular weight excluding hydrogens is 419 g/mol. The minimum Gasteiger partial charge on any atom is -0.365 e. The molecule has 0 aliphatic carbocycles. The van der Waals surface area contributed by atoms with Gasteiger partial charge in [-0.15, -0.1) is 0 Å². The Balaban J connectivity index is 1.35. The highest BCUT2D eigenvalue weighted by Gasteiger charge is 2.11. The van der Waals surface area contributed by atoms with Gasteiger partial charge in [-0.1, -0.05) is 41.9 Å². The van der Waals surface area contributed by atoms with Crippen molar-refractivity contribution in [1.29, 1.82) is 0 Å². The van der Waals surface area contributed by atoms with Gasteiger partial charge >= 0.3 is 0 Å². The number of nitrogens with one attached hydrogen (secondary N) is 2. The number of benzene rings is 2. The van der Waals surface area contributed by atoms with Crippen LogP contribution in [0.25, 0.3) is 11.0 Å². The molecule has 0 atom stereocenters. The zero-order chi connectivity index (χ0) is 21.6. The van der Waals surface area contributed by atoms with E-state index in [-0.39, 0.29) is 18.1 Å². The number of carbonyl (C=O) groups excluding carboxylic acids is 1. The third-order valence-corrected chi connectivity index (χ3v) is 5.13. The van der Waals surface area contributed by atoms with Gasteiger partial charge in [-0.25, -0.2) is 19.0 Å². The van der Waals surface area contributed by atoms with Crippen LogP contribution in [0.2, 0.25) is 5.02 Å². The molecule has 0 radical (unpaired) electrons. The molecule has 158 valence electrons. The summed E-state index contributed by atoms with van der Waals surface area (Å²) in [7, 11) is 0. The van der Waals surface area contributed by atoms with Gasteiger partial charge in [0, 0.05) is 18.1 Å². The highest BCUT2D eigenvalue weighted by atomic mass is 35.5. The molecule has 0 fully saturated rings. The van der Waals surface area contributed by atoms with Crippen LogP contribution in [0.5, 0.6) is 0 Å². The Labute approximate surface area is 183 Å². The van der Waals surface area contributed by atoms with Crippen LogP contribution in [-0.2, 0) is 24.3 Å². The minimum atomic E-state index is -0.270. The summed E-state index contributed by atoms with van der Waals surface area (Å²) in [5.41, 5.74) is 2.38. The van der Waals surface area contributed by atoms with E-state index in [0.717, 1.165) is 16.5 Å². The molecule has 1 amide bonds. The molecule has 0 aliphatic heterocycles. The van der Waals surface area contributed by atoms with Crippen LogP contribution in [0.15, 0.2) is 61.1 Å². The van der Waals surface area contributed by atoms with E-state index >= 15 is 0 Å². The van der Waals surface area contributed by atoms with E-state index < -0.39 is 0 Å². The maximum atomic E-state index is 13.1. The molecule has 7 nitrogen and oxygen atoms in total. The zero-order valence-corrected chi connectivity index (χ0v) is 17.3. The Morgan fingerprint density at radius 1 is 1.10 bits per heavy atom.